The van der Waals surface area contributed by atoms with Gasteiger partial charge in [0, 0.05) is 14.4 Å². The van der Waals surface area contributed by atoms with Crippen LogP contribution in [0.15, 0.2) is 12.2 Å². The molecule has 0 fully saturated rings. The van der Waals surface area contributed by atoms with Crippen molar-refractivity contribution in [3.8, 4) is 0 Å². The zero-order chi connectivity index (χ0) is 14.0. The quantitative estimate of drug-likeness (QED) is 0.317. The Morgan fingerprint density at radius 2 is 1.89 bits per heavy atom. The molecule has 0 atom stereocenters. The predicted molar refractivity (Wildman–Crippen MR) is 72.0 cm³/mol. The van der Waals surface area contributed by atoms with E-state index in [1.807, 2.05) is 0 Å². The van der Waals surface area contributed by atoms with Crippen LogP contribution in [0.5, 0.6) is 0 Å². The van der Waals surface area contributed by atoms with Crippen molar-refractivity contribution in [2.24, 2.45) is 0 Å². The van der Waals surface area contributed by atoms with Gasteiger partial charge in [0.05, 0.1) is 13.2 Å². The summed E-state index contributed by atoms with van der Waals surface area (Å²) in [7, 11) is -0.248. The molecule has 0 heterocycles. The molecule has 0 aliphatic rings. The highest BCUT2D eigenvalue weighted by Crippen LogP contribution is 1.97. The molecule has 5 nitrogen and oxygen atoms in total. The fourth-order valence-electron chi connectivity index (χ4n) is 1.06. The zero-order valence-electron chi connectivity index (χ0n) is 11.4. The fraction of sp³-hybridized carbons (Fsp3) is 0.667. The number of amides is 1. The number of carbonyl (C=O) groups excluding carboxylic acids is 2. The molecule has 6 heteroatoms. The van der Waals surface area contributed by atoms with Crippen molar-refractivity contribution in [1.82, 2.24) is 5.32 Å². The largest absolute Gasteiger partial charge is 0.460 e. The summed E-state index contributed by atoms with van der Waals surface area (Å²) < 4.78 is 9.76. The van der Waals surface area contributed by atoms with E-state index in [-0.39, 0.29) is 21.9 Å². The fourth-order valence-corrected chi connectivity index (χ4v) is 1.91. The Morgan fingerprint density at radius 3 is 2.44 bits per heavy atom. The first-order chi connectivity index (χ1) is 8.43. The second-order valence-electron chi connectivity index (χ2n) is 4.29. The van der Waals surface area contributed by atoms with Gasteiger partial charge in [0.25, 0.3) is 0 Å². The third kappa shape index (κ3) is 9.89. The molecule has 0 aliphatic heterocycles. The van der Waals surface area contributed by atoms with Gasteiger partial charge in [-0.05, 0) is 13.3 Å². The van der Waals surface area contributed by atoms with Gasteiger partial charge in [-0.15, -0.1) is 0 Å². The Morgan fingerprint density at radius 1 is 1.22 bits per heavy atom. The zero-order valence-corrected chi connectivity index (χ0v) is 12.4. The second-order valence-corrected chi connectivity index (χ2v) is 7.20. The molecule has 1 radical (unpaired) electrons. The van der Waals surface area contributed by atoms with Gasteiger partial charge in [-0.1, -0.05) is 25.7 Å². The smallest absolute Gasteiger partial charge is 0.407 e. The molecule has 0 rings (SSSR count). The van der Waals surface area contributed by atoms with E-state index in [0.717, 1.165) is 12.5 Å². The van der Waals surface area contributed by atoms with Crippen molar-refractivity contribution in [2.75, 3.05) is 19.8 Å². The minimum atomic E-state index is -0.470. The van der Waals surface area contributed by atoms with Crippen molar-refractivity contribution in [3.05, 3.63) is 12.2 Å². The molecule has 1 amide bonds. The molecule has 0 aromatic rings. The van der Waals surface area contributed by atoms with Gasteiger partial charge in [0.2, 0.25) is 0 Å². The molecule has 18 heavy (non-hydrogen) atoms. The normalized spacial score (nSPS) is 10.0. The summed E-state index contributed by atoms with van der Waals surface area (Å²) in [6, 6.07) is 1.13. The molecular weight excluding hydrogens is 250 g/mol. The second kappa shape index (κ2) is 9.70. The number of ether oxygens (including phenoxy) is 2. The molecule has 0 saturated heterocycles. The molecule has 0 spiro atoms. The molecule has 1 N–H and O–H groups in total. The Labute approximate surface area is 110 Å². The predicted octanol–water partition coefficient (Wildman–Crippen LogP) is 1.98. The van der Waals surface area contributed by atoms with Crippen LogP contribution in [-0.2, 0) is 14.3 Å². The van der Waals surface area contributed by atoms with E-state index in [2.05, 4.69) is 25.0 Å². The van der Waals surface area contributed by atoms with Crippen LogP contribution in [0, 0.1) is 0 Å². The minimum absolute atomic E-state index is 0.123. The molecule has 0 saturated carbocycles. The highest BCUT2D eigenvalue weighted by atomic mass is 28.3. The van der Waals surface area contributed by atoms with Gasteiger partial charge in [-0.2, -0.15) is 0 Å². The van der Waals surface area contributed by atoms with Crippen molar-refractivity contribution >= 4 is 20.9 Å². The van der Waals surface area contributed by atoms with Gasteiger partial charge in [-0.3, -0.25) is 0 Å². The number of carbonyl (C=O) groups is 2. The highest BCUT2D eigenvalue weighted by Gasteiger charge is 2.04. The van der Waals surface area contributed by atoms with Gasteiger partial charge in [0.15, 0.2) is 0 Å². The number of rotatable bonds is 8. The van der Waals surface area contributed by atoms with Gasteiger partial charge in [-0.25, -0.2) is 9.59 Å². The monoisotopic (exact) mass is 272 g/mol. The average Bonchev–Trinajstić information content (AvgIpc) is 2.29. The van der Waals surface area contributed by atoms with Crippen LogP contribution >= 0.6 is 0 Å². The SMILES string of the molecule is C=C(C)C(=O)OCCNC(=O)OCCC[Si](C)C. The van der Waals surface area contributed by atoms with E-state index in [0.29, 0.717) is 12.2 Å². The number of hydrogen-bond donors (Lipinski definition) is 1. The van der Waals surface area contributed by atoms with Crippen molar-refractivity contribution in [1.29, 1.82) is 0 Å². The van der Waals surface area contributed by atoms with Crippen LogP contribution in [-0.4, -0.2) is 40.6 Å². The molecule has 0 aromatic heterocycles. The Kier molecular flexibility index (Phi) is 9.00. The summed E-state index contributed by atoms with van der Waals surface area (Å²) in [5, 5.41) is 2.51. The van der Waals surface area contributed by atoms with Crippen molar-refractivity contribution in [3.63, 3.8) is 0 Å². The molecular formula is C12H22NO4Si. The van der Waals surface area contributed by atoms with Crippen LogP contribution in [0.4, 0.5) is 4.79 Å². The lowest BCUT2D eigenvalue weighted by Gasteiger charge is -2.08. The van der Waals surface area contributed by atoms with E-state index < -0.39 is 12.1 Å². The van der Waals surface area contributed by atoms with Crippen LogP contribution in [0.3, 0.4) is 0 Å². The third-order valence-electron chi connectivity index (χ3n) is 2.01. The molecule has 103 valence electrons. The number of nitrogens with one attached hydrogen (secondary N) is 1. The summed E-state index contributed by atoms with van der Waals surface area (Å²) >= 11 is 0. The van der Waals surface area contributed by atoms with E-state index in [1.54, 1.807) is 6.92 Å². The van der Waals surface area contributed by atoms with E-state index >= 15 is 0 Å². The average molecular weight is 272 g/mol. The van der Waals surface area contributed by atoms with Crippen molar-refractivity contribution < 1.29 is 19.1 Å². The maximum atomic E-state index is 11.2. The Bertz CT molecular complexity index is 292. The molecule has 0 bridgehead atoms. The van der Waals surface area contributed by atoms with Crippen LogP contribution < -0.4 is 5.32 Å². The van der Waals surface area contributed by atoms with E-state index in [1.165, 1.54) is 0 Å². The van der Waals surface area contributed by atoms with Crippen LogP contribution in [0.25, 0.3) is 0 Å². The summed E-state index contributed by atoms with van der Waals surface area (Å²) in [5.41, 5.74) is 0.342. The Hall–Kier alpha value is -1.30. The number of alkyl carbamates (subject to hydrolysis) is 1. The molecule has 0 aromatic carbocycles. The van der Waals surface area contributed by atoms with Gasteiger partial charge >= 0.3 is 12.1 Å². The lowest BCUT2D eigenvalue weighted by molar-refractivity contribution is -0.138. The summed E-state index contributed by atoms with van der Waals surface area (Å²) in [5.74, 6) is -0.453. The third-order valence-corrected chi connectivity index (χ3v) is 3.36. The number of hydrogen-bond acceptors (Lipinski definition) is 4. The molecule has 0 aliphatic carbocycles. The summed E-state index contributed by atoms with van der Waals surface area (Å²) in [6.45, 7) is 10.3. The van der Waals surface area contributed by atoms with E-state index in [4.69, 9.17) is 9.47 Å². The minimum Gasteiger partial charge on any atom is -0.460 e. The Balaban J connectivity index is 3.43. The topological polar surface area (TPSA) is 64.6 Å². The highest BCUT2D eigenvalue weighted by molar-refractivity contribution is 6.55. The first kappa shape index (κ1) is 16.7. The van der Waals surface area contributed by atoms with E-state index in [9.17, 15) is 9.59 Å². The lowest BCUT2D eigenvalue weighted by Crippen LogP contribution is -2.29. The first-order valence-electron chi connectivity index (χ1n) is 5.95. The van der Waals surface area contributed by atoms with Gasteiger partial charge < -0.3 is 14.8 Å². The van der Waals surface area contributed by atoms with Gasteiger partial charge in [0.1, 0.15) is 6.61 Å². The van der Waals surface area contributed by atoms with Crippen molar-refractivity contribution in [2.45, 2.75) is 32.5 Å². The van der Waals surface area contributed by atoms with Crippen LogP contribution in [0.1, 0.15) is 13.3 Å². The summed E-state index contributed by atoms with van der Waals surface area (Å²) in [6.07, 6.45) is 0.432. The standard InChI is InChI=1S/C12H22NO4Si/c1-10(2)11(14)16-8-6-13-12(15)17-7-5-9-18(3)4/h1,5-9H2,2-4H3,(H,13,15). The maximum absolute atomic E-state index is 11.2. The first-order valence-corrected chi connectivity index (χ1v) is 8.66. The summed E-state index contributed by atoms with van der Waals surface area (Å²) in [4.78, 5) is 22.2. The lowest BCUT2D eigenvalue weighted by atomic mass is 10.4. The molecule has 0 unspecified atom stereocenters. The van der Waals surface area contributed by atoms with Crippen LogP contribution in [0.2, 0.25) is 19.1 Å². The number of esters is 1. The maximum Gasteiger partial charge on any atom is 0.407 e.